The standard InChI is InChI=1S/C22H24N2O2S2/c1-5-8-24(22(25)20-7-6-9-27-20)12-18-14-28-21(23-18)13-26-19-11-15(2)10-16(3)17(19)4/h5-7,9-11,14H,1,8,12-13H2,2-4H3. The van der Waals surface area contributed by atoms with Crippen LogP contribution in [0.4, 0.5) is 0 Å². The van der Waals surface area contributed by atoms with Crippen molar-refractivity contribution < 1.29 is 9.53 Å². The summed E-state index contributed by atoms with van der Waals surface area (Å²) < 4.78 is 6.01. The molecular weight excluding hydrogens is 388 g/mol. The van der Waals surface area contributed by atoms with Crippen molar-refractivity contribution in [3.05, 3.63) is 79.9 Å². The lowest BCUT2D eigenvalue weighted by Crippen LogP contribution is -2.30. The Bertz CT molecular complexity index is 961. The second kappa shape index (κ2) is 9.17. The van der Waals surface area contributed by atoms with Crippen LogP contribution in [-0.4, -0.2) is 22.3 Å². The molecule has 3 aromatic rings. The van der Waals surface area contributed by atoms with Gasteiger partial charge in [0.1, 0.15) is 17.4 Å². The van der Waals surface area contributed by atoms with Crippen molar-refractivity contribution in [1.82, 2.24) is 9.88 Å². The number of amides is 1. The van der Waals surface area contributed by atoms with Crippen LogP contribution in [0.5, 0.6) is 5.75 Å². The Labute approximate surface area is 174 Å². The molecule has 0 saturated carbocycles. The second-order valence-electron chi connectivity index (χ2n) is 6.68. The summed E-state index contributed by atoms with van der Waals surface area (Å²) in [6.45, 7) is 11.4. The summed E-state index contributed by atoms with van der Waals surface area (Å²) in [4.78, 5) is 19.8. The van der Waals surface area contributed by atoms with Gasteiger partial charge in [0.15, 0.2) is 0 Å². The van der Waals surface area contributed by atoms with Gasteiger partial charge in [0.25, 0.3) is 5.91 Å². The summed E-state index contributed by atoms with van der Waals surface area (Å²) in [5.41, 5.74) is 4.43. The Morgan fingerprint density at radius 3 is 2.82 bits per heavy atom. The predicted octanol–water partition coefficient (Wildman–Crippen LogP) is 5.54. The van der Waals surface area contributed by atoms with Gasteiger partial charge in [-0.3, -0.25) is 4.79 Å². The molecule has 0 spiro atoms. The van der Waals surface area contributed by atoms with Crippen LogP contribution in [0.25, 0.3) is 0 Å². The molecule has 1 amide bonds. The zero-order valence-corrected chi connectivity index (χ0v) is 18.0. The van der Waals surface area contributed by atoms with Gasteiger partial charge in [-0.2, -0.15) is 0 Å². The van der Waals surface area contributed by atoms with Crippen molar-refractivity contribution >= 4 is 28.6 Å². The van der Waals surface area contributed by atoms with E-state index in [1.165, 1.54) is 22.5 Å². The molecular formula is C22H24N2O2S2. The number of hydrogen-bond donors (Lipinski definition) is 0. The van der Waals surface area contributed by atoms with Crippen molar-refractivity contribution in [3.8, 4) is 5.75 Å². The van der Waals surface area contributed by atoms with E-state index < -0.39 is 0 Å². The molecule has 0 saturated heterocycles. The predicted molar refractivity (Wildman–Crippen MR) is 116 cm³/mol. The van der Waals surface area contributed by atoms with Crippen molar-refractivity contribution in [2.75, 3.05) is 6.54 Å². The number of rotatable bonds is 8. The molecule has 0 fully saturated rings. The first-order chi connectivity index (χ1) is 13.5. The fraction of sp³-hybridized carbons (Fsp3) is 0.273. The number of nitrogens with zero attached hydrogens (tertiary/aromatic N) is 2. The minimum absolute atomic E-state index is 0.00607. The molecule has 0 unspecified atom stereocenters. The highest BCUT2D eigenvalue weighted by atomic mass is 32.1. The molecule has 3 rings (SSSR count). The van der Waals surface area contributed by atoms with E-state index in [1.807, 2.05) is 22.9 Å². The first-order valence-corrected chi connectivity index (χ1v) is 10.8. The lowest BCUT2D eigenvalue weighted by atomic mass is 10.1. The number of hydrogen-bond acceptors (Lipinski definition) is 5. The molecule has 2 aromatic heterocycles. The summed E-state index contributed by atoms with van der Waals surface area (Å²) in [5, 5.41) is 4.80. The van der Waals surface area contributed by atoms with Crippen LogP contribution in [0.3, 0.4) is 0 Å². The largest absolute Gasteiger partial charge is 0.486 e. The number of benzene rings is 1. The number of ether oxygens (including phenoxy) is 1. The monoisotopic (exact) mass is 412 g/mol. The number of carbonyl (C=O) groups is 1. The summed E-state index contributed by atoms with van der Waals surface area (Å²) in [6.07, 6.45) is 1.74. The van der Waals surface area contributed by atoms with Crippen LogP contribution in [-0.2, 0) is 13.2 Å². The first-order valence-electron chi connectivity index (χ1n) is 9.05. The number of aromatic nitrogens is 1. The Balaban J connectivity index is 1.66. The van der Waals surface area contributed by atoms with E-state index in [1.54, 1.807) is 22.3 Å². The van der Waals surface area contributed by atoms with E-state index in [2.05, 4.69) is 44.5 Å². The molecule has 0 aliphatic carbocycles. The SMILES string of the molecule is C=CCN(Cc1csc(COc2cc(C)cc(C)c2C)n1)C(=O)c1cccs1. The fourth-order valence-electron chi connectivity index (χ4n) is 2.90. The van der Waals surface area contributed by atoms with Gasteiger partial charge in [0.2, 0.25) is 0 Å². The van der Waals surface area contributed by atoms with Gasteiger partial charge < -0.3 is 9.64 Å². The highest BCUT2D eigenvalue weighted by molar-refractivity contribution is 7.12. The summed E-state index contributed by atoms with van der Waals surface area (Å²) in [6, 6.07) is 7.94. The molecule has 4 nitrogen and oxygen atoms in total. The van der Waals surface area contributed by atoms with Crippen LogP contribution >= 0.6 is 22.7 Å². The molecule has 28 heavy (non-hydrogen) atoms. The number of aryl methyl sites for hydroxylation is 2. The van der Waals surface area contributed by atoms with E-state index in [9.17, 15) is 4.79 Å². The zero-order chi connectivity index (χ0) is 20.1. The van der Waals surface area contributed by atoms with E-state index >= 15 is 0 Å². The van der Waals surface area contributed by atoms with Crippen LogP contribution in [0.1, 0.15) is 37.1 Å². The first kappa shape index (κ1) is 20.3. The molecule has 0 atom stereocenters. The van der Waals surface area contributed by atoms with Gasteiger partial charge in [-0.15, -0.1) is 29.3 Å². The van der Waals surface area contributed by atoms with Crippen LogP contribution in [0.2, 0.25) is 0 Å². The topological polar surface area (TPSA) is 42.4 Å². The van der Waals surface area contributed by atoms with Crippen LogP contribution in [0.15, 0.2) is 47.7 Å². The lowest BCUT2D eigenvalue weighted by molar-refractivity contribution is 0.0766. The third kappa shape index (κ3) is 4.88. The zero-order valence-electron chi connectivity index (χ0n) is 16.4. The quantitative estimate of drug-likeness (QED) is 0.456. The third-order valence-electron chi connectivity index (χ3n) is 4.44. The van der Waals surface area contributed by atoms with Gasteiger partial charge >= 0.3 is 0 Å². The average molecular weight is 413 g/mol. The molecule has 0 aliphatic rings. The molecule has 0 bridgehead atoms. The molecule has 1 aromatic carbocycles. The van der Waals surface area contributed by atoms with E-state index in [4.69, 9.17) is 4.74 Å². The Morgan fingerprint density at radius 1 is 1.29 bits per heavy atom. The van der Waals surface area contributed by atoms with Gasteiger partial charge in [-0.1, -0.05) is 18.2 Å². The molecule has 0 aliphatic heterocycles. The molecule has 0 radical (unpaired) electrons. The van der Waals surface area contributed by atoms with E-state index in [0.29, 0.717) is 19.7 Å². The van der Waals surface area contributed by atoms with Crippen LogP contribution in [0, 0.1) is 20.8 Å². The number of carbonyl (C=O) groups excluding carboxylic acids is 1. The molecule has 6 heteroatoms. The number of thiophene rings is 1. The molecule has 2 heterocycles. The minimum Gasteiger partial charge on any atom is -0.486 e. The van der Waals surface area contributed by atoms with Crippen molar-refractivity contribution in [3.63, 3.8) is 0 Å². The fourth-order valence-corrected chi connectivity index (χ4v) is 4.29. The van der Waals surface area contributed by atoms with Crippen molar-refractivity contribution in [1.29, 1.82) is 0 Å². The Hall–Kier alpha value is -2.44. The van der Waals surface area contributed by atoms with Crippen molar-refractivity contribution in [2.45, 2.75) is 33.9 Å². The maximum atomic E-state index is 12.7. The van der Waals surface area contributed by atoms with Gasteiger partial charge in [0.05, 0.1) is 17.1 Å². The number of thiazole rings is 1. The maximum absolute atomic E-state index is 12.7. The summed E-state index contributed by atoms with van der Waals surface area (Å²) in [5.74, 6) is 0.905. The second-order valence-corrected chi connectivity index (χ2v) is 8.57. The van der Waals surface area contributed by atoms with E-state index in [-0.39, 0.29) is 5.91 Å². The maximum Gasteiger partial charge on any atom is 0.264 e. The minimum atomic E-state index is 0.00607. The van der Waals surface area contributed by atoms with Gasteiger partial charge in [0, 0.05) is 11.9 Å². The lowest BCUT2D eigenvalue weighted by Gasteiger charge is -2.19. The summed E-state index contributed by atoms with van der Waals surface area (Å²) in [7, 11) is 0. The Morgan fingerprint density at radius 2 is 2.11 bits per heavy atom. The average Bonchev–Trinajstić information content (AvgIpc) is 3.34. The molecule has 146 valence electrons. The van der Waals surface area contributed by atoms with Crippen LogP contribution < -0.4 is 4.74 Å². The highest BCUT2D eigenvalue weighted by Gasteiger charge is 2.17. The van der Waals surface area contributed by atoms with E-state index in [0.717, 1.165) is 26.9 Å². The smallest absolute Gasteiger partial charge is 0.264 e. The molecule has 0 N–H and O–H groups in total. The highest BCUT2D eigenvalue weighted by Crippen LogP contribution is 2.25. The van der Waals surface area contributed by atoms with Gasteiger partial charge in [-0.05, 0) is 55.0 Å². The van der Waals surface area contributed by atoms with Gasteiger partial charge in [-0.25, -0.2) is 4.98 Å². The Kier molecular flexibility index (Phi) is 6.65. The van der Waals surface area contributed by atoms with Crippen molar-refractivity contribution in [2.24, 2.45) is 0 Å². The third-order valence-corrected chi connectivity index (χ3v) is 6.17. The normalized spacial score (nSPS) is 10.7. The summed E-state index contributed by atoms with van der Waals surface area (Å²) >= 11 is 3.00.